The van der Waals surface area contributed by atoms with E-state index in [1.165, 1.54) is 0 Å². The van der Waals surface area contributed by atoms with Gasteiger partial charge in [-0.15, -0.1) is 0 Å². The number of fused-ring (bicyclic) bond motifs is 1. The van der Waals surface area contributed by atoms with Crippen molar-refractivity contribution in [3.05, 3.63) is 51.8 Å². The van der Waals surface area contributed by atoms with E-state index in [0.29, 0.717) is 30.6 Å². The molecular weight excluding hydrogens is 434 g/mol. The van der Waals surface area contributed by atoms with Crippen LogP contribution in [-0.4, -0.2) is 47.6 Å². The van der Waals surface area contributed by atoms with Crippen molar-refractivity contribution in [2.45, 2.75) is 32.6 Å². The molecule has 1 N–H and O–H groups in total. The summed E-state index contributed by atoms with van der Waals surface area (Å²) < 4.78 is 11.1. The van der Waals surface area contributed by atoms with Crippen LogP contribution in [0.1, 0.15) is 46.0 Å². The summed E-state index contributed by atoms with van der Waals surface area (Å²) in [5.74, 6) is -0.519. The van der Waals surface area contributed by atoms with Crippen LogP contribution in [0.3, 0.4) is 0 Å². The zero-order valence-corrected chi connectivity index (χ0v) is 18.2. The van der Waals surface area contributed by atoms with Crippen LogP contribution >= 0.6 is 11.6 Å². The van der Waals surface area contributed by atoms with E-state index in [-0.39, 0.29) is 46.3 Å². The van der Waals surface area contributed by atoms with Gasteiger partial charge in [-0.1, -0.05) is 28.9 Å². The third-order valence-electron chi connectivity index (χ3n) is 5.15. The molecule has 1 amide bonds. The first-order chi connectivity index (χ1) is 15.4. The number of pyridine rings is 1. The Morgan fingerprint density at radius 3 is 2.62 bits per heavy atom. The van der Waals surface area contributed by atoms with Gasteiger partial charge in [0.05, 0.1) is 29.5 Å². The smallest absolute Gasteiger partial charge is 0.276 e. The molecule has 1 aliphatic heterocycles. The molecule has 0 spiro atoms. The summed E-state index contributed by atoms with van der Waals surface area (Å²) >= 11 is 6.60. The molecule has 3 aromatic rings. The fourth-order valence-electron chi connectivity index (χ4n) is 3.78. The summed E-state index contributed by atoms with van der Waals surface area (Å²) in [6.07, 6.45) is 0.503. The van der Waals surface area contributed by atoms with Gasteiger partial charge in [0, 0.05) is 19.6 Å². The molecule has 1 aromatic carbocycles. The number of benzene rings is 1. The molecule has 32 heavy (non-hydrogen) atoms. The highest BCUT2D eigenvalue weighted by Gasteiger charge is 2.30. The van der Waals surface area contributed by atoms with E-state index in [4.69, 9.17) is 26.1 Å². The Bertz CT molecular complexity index is 1210. The van der Waals surface area contributed by atoms with Gasteiger partial charge >= 0.3 is 0 Å². The highest BCUT2D eigenvalue weighted by atomic mass is 35.5. The Balaban J connectivity index is 1.62. The zero-order valence-electron chi connectivity index (χ0n) is 17.5. The Hall–Kier alpha value is -3.48. The van der Waals surface area contributed by atoms with Crippen LogP contribution in [0.25, 0.3) is 11.1 Å². The minimum Gasteiger partial charge on any atom is -0.372 e. The number of nitriles is 1. The molecular formula is C22H20ClN5O4. The number of rotatable bonds is 5. The monoisotopic (exact) mass is 453 g/mol. The van der Waals surface area contributed by atoms with Crippen LogP contribution < -0.4 is 10.2 Å². The maximum absolute atomic E-state index is 12.7. The Kier molecular flexibility index (Phi) is 6.08. The summed E-state index contributed by atoms with van der Waals surface area (Å²) in [6, 6.07) is 8.87. The molecule has 10 heteroatoms. The van der Waals surface area contributed by atoms with Crippen LogP contribution in [0.4, 0.5) is 5.69 Å². The number of aromatic nitrogens is 2. The fraction of sp³-hybridized carbons (Fsp3) is 0.318. The molecule has 3 heterocycles. The number of morpholine rings is 1. The maximum Gasteiger partial charge on any atom is 0.276 e. The Morgan fingerprint density at radius 2 is 2.00 bits per heavy atom. The normalized spacial score (nSPS) is 18.4. The van der Waals surface area contributed by atoms with E-state index >= 15 is 0 Å². The van der Waals surface area contributed by atoms with Crippen molar-refractivity contribution in [3.63, 3.8) is 0 Å². The average Bonchev–Trinajstić information content (AvgIpc) is 3.21. The van der Waals surface area contributed by atoms with Gasteiger partial charge in [-0.2, -0.15) is 5.26 Å². The number of anilines is 1. The van der Waals surface area contributed by atoms with Gasteiger partial charge in [-0.05, 0) is 31.5 Å². The van der Waals surface area contributed by atoms with Crippen molar-refractivity contribution < 1.29 is 18.8 Å². The van der Waals surface area contributed by atoms with Crippen molar-refractivity contribution in [2.24, 2.45) is 0 Å². The van der Waals surface area contributed by atoms with Crippen LogP contribution in [0, 0.1) is 11.3 Å². The number of hydrogen-bond donors (Lipinski definition) is 1. The highest BCUT2D eigenvalue weighted by Crippen LogP contribution is 2.37. The van der Waals surface area contributed by atoms with E-state index in [9.17, 15) is 9.59 Å². The first kappa shape index (κ1) is 21.7. The standard InChI is InChI=1S/C22H20ClN5O4/c1-12-9-28(10-13(2)31-12)20-16(11-29)26-18-19(27-32-21(18)17(20)23)22(30)25-8-15-5-3-14(7-24)4-6-15/h3-6,11-13H,8-10H2,1-2H3,(H,25,30). The fourth-order valence-corrected chi connectivity index (χ4v) is 4.12. The number of hydrogen-bond acceptors (Lipinski definition) is 8. The summed E-state index contributed by atoms with van der Waals surface area (Å²) in [7, 11) is 0. The lowest BCUT2D eigenvalue weighted by Crippen LogP contribution is -2.46. The molecule has 0 aliphatic carbocycles. The topological polar surface area (TPSA) is 121 Å². The molecule has 1 aliphatic rings. The minimum atomic E-state index is -0.519. The van der Waals surface area contributed by atoms with Crippen LogP contribution in [0.15, 0.2) is 28.8 Å². The molecule has 1 fully saturated rings. The molecule has 0 radical (unpaired) electrons. The molecule has 164 valence electrons. The third-order valence-corrected chi connectivity index (χ3v) is 5.50. The van der Waals surface area contributed by atoms with E-state index in [1.54, 1.807) is 24.3 Å². The summed E-state index contributed by atoms with van der Waals surface area (Å²) in [5, 5.41) is 15.6. The number of nitrogens with one attached hydrogen (secondary N) is 1. The number of carbonyl (C=O) groups excluding carboxylic acids is 2. The molecule has 1 saturated heterocycles. The molecule has 4 rings (SSSR count). The quantitative estimate of drug-likeness (QED) is 0.585. The van der Waals surface area contributed by atoms with Crippen molar-refractivity contribution in [1.29, 1.82) is 5.26 Å². The molecule has 2 atom stereocenters. The highest BCUT2D eigenvalue weighted by molar-refractivity contribution is 6.38. The second-order valence-corrected chi connectivity index (χ2v) is 8.02. The van der Waals surface area contributed by atoms with Gasteiger partial charge in [0.15, 0.2) is 12.0 Å². The van der Waals surface area contributed by atoms with Gasteiger partial charge in [-0.3, -0.25) is 9.59 Å². The van der Waals surface area contributed by atoms with E-state index in [0.717, 1.165) is 5.56 Å². The predicted molar refractivity (Wildman–Crippen MR) is 117 cm³/mol. The average molecular weight is 454 g/mol. The number of aldehydes is 1. The Labute approximate surface area is 188 Å². The van der Waals surface area contributed by atoms with Gasteiger partial charge in [0.1, 0.15) is 16.2 Å². The van der Waals surface area contributed by atoms with Crippen molar-refractivity contribution in [1.82, 2.24) is 15.5 Å². The van der Waals surface area contributed by atoms with Crippen LogP contribution in [0.5, 0.6) is 0 Å². The van der Waals surface area contributed by atoms with E-state index in [1.807, 2.05) is 24.8 Å². The predicted octanol–water partition coefficient (Wildman–Crippen LogP) is 3.10. The van der Waals surface area contributed by atoms with Crippen molar-refractivity contribution >= 4 is 40.6 Å². The van der Waals surface area contributed by atoms with Crippen LogP contribution in [-0.2, 0) is 11.3 Å². The maximum atomic E-state index is 12.7. The molecule has 0 saturated carbocycles. The van der Waals surface area contributed by atoms with Gasteiger partial charge in [0.25, 0.3) is 5.91 Å². The first-order valence-corrected chi connectivity index (χ1v) is 10.4. The lowest BCUT2D eigenvalue weighted by Gasteiger charge is -2.37. The molecule has 0 bridgehead atoms. The third kappa shape index (κ3) is 4.15. The number of ether oxygens (including phenoxy) is 1. The first-order valence-electron chi connectivity index (χ1n) is 10.0. The van der Waals surface area contributed by atoms with Gasteiger partial charge in [0.2, 0.25) is 5.58 Å². The van der Waals surface area contributed by atoms with Crippen molar-refractivity contribution in [2.75, 3.05) is 18.0 Å². The largest absolute Gasteiger partial charge is 0.372 e. The lowest BCUT2D eigenvalue weighted by atomic mass is 10.1. The second kappa shape index (κ2) is 8.94. The number of halogens is 1. The van der Waals surface area contributed by atoms with E-state index in [2.05, 4.69) is 15.5 Å². The van der Waals surface area contributed by atoms with Gasteiger partial charge in [-0.25, -0.2) is 4.98 Å². The molecule has 9 nitrogen and oxygen atoms in total. The van der Waals surface area contributed by atoms with Gasteiger partial charge < -0.3 is 19.5 Å². The van der Waals surface area contributed by atoms with E-state index < -0.39 is 5.91 Å². The zero-order chi connectivity index (χ0) is 22.8. The number of amides is 1. The number of nitrogens with zero attached hydrogens (tertiary/aromatic N) is 4. The molecule has 2 unspecified atom stereocenters. The SMILES string of the molecule is CC1CN(c2c(C=O)nc3c(C(=O)NCc4ccc(C#N)cc4)noc3c2Cl)CC(C)O1. The second-order valence-electron chi connectivity index (χ2n) is 7.64. The summed E-state index contributed by atoms with van der Waals surface area (Å²) in [5.41, 5.74) is 2.08. The number of carbonyl (C=O) groups is 2. The Morgan fingerprint density at radius 1 is 1.31 bits per heavy atom. The molecule has 2 aromatic heterocycles. The lowest BCUT2D eigenvalue weighted by molar-refractivity contribution is -0.00526. The van der Waals surface area contributed by atoms with Crippen LogP contribution in [0.2, 0.25) is 5.02 Å². The summed E-state index contributed by atoms with van der Waals surface area (Å²) in [6.45, 7) is 5.16. The van der Waals surface area contributed by atoms with Crippen molar-refractivity contribution in [3.8, 4) is 6.07 Å². The summed E-state index contributed by atoms with van der Waals surface area (Å²) in [4.78, 5) is 30.8. The minimum absolute atomic E-state index is 0.0525.